The molecule has 2 heterocycles. The van der Waals surface area contributed by atoms with Crippen molar-refractivity contribution in [2.45, 2.75) is 13.8 Å². The van der Waals surface area contributed by atoms with Crippen LogP contribution in [0.2, 0.25) is 0 Å². The molecule has 4 nitrogen and oxygen atoms in total. The maximum Gasteiger partial charge on any atom is 0.178 e. The van der Waals surface area contributed by atoms with Crippen LogP contribution in [0.25, 0.3) is 11.4 Å². The first kappa shape index (κ1) is 10.4. The topological polar surface area (TPSA) is 55.7 Å². The second-order valence-corrected chi connectivity index (χ2v) is 3.48. The van der Waals surface area contributed by atoms with Crippen LogP contribution in [0.5, 0.6) is 0 Å². The second kappa shape index (κ2) is 4.18. The van der Waals surface area contributed by atoms with E-state index in [4.69, 9.17) is 0 Å². The van der Waals surface area contributed by atoms with Gasteiger partial charge in [0, 0.05) is 30.6 Å². The van der Waals surface area contributed by atoms with E-state index in [9.17, 15) is 4.79 Å². The van der Waals surface area contributed by atoms with Gasteiger partial charge in [-0.2, -0.15) is 0 Å². The minimum atomic E-state index is -0.0776. The van der Waals surface area contributed by atoms with E-state index in [1.807, 2.05) is 19.1 Å². The number of aromatic nitrogens is 3. The van der Waals surface area contributed by atoms with Gasteiger partial charge in [-0.05, 0) is 25.1 Å². The van der Waals surface area contributed by atoms with E-state index in [-0.39, 0.29) is 5.78 Å². The summed E-state index contributed by atoms with van der Waals surface area (Å²) in [4.78, 5) is 23.9. The summed E-state index contributed by atoms with van der Waals surface area (Å²) in [6.07, 6.45) is 3.29. The fraction of sp³-hybridized carbons (Fsp3) is 0.167. The molecule has 80 valence electrons. The Bertz CT molecular complexity index is 523. The lowest BCUT2D eigenvalue weighted by atomic mass is 10.1. The van der Waals surface area contributed by atoms with Crippen LogP contribution in [-0.4, -0.2) is 20.7 Å². The van der Waals surface area contributed by atoms with Crippen LogP contribution in [-0.2, 0) is 0 Å². The quantitative estimate of drug-likeness (QED) is 0.716. The minimum absolute atomic E-state index is 0.0776. The van der Waals surface area contributed by atoms with Crippen LogP contribution in [0, 0.1) is 6.92 Å². The number of Topliss-reactive ketones (excluding diaryl/α,β-unsaturated/α-hetero) is 1. The second-order valence-electron chi connectivity index (χ2n) is 3.48. The smallest absolute Gasteiger partial charge is 0.178 e. The zero-order chi connectivity index (χ0) is 11.5. The van der Waals surface area contributed by atoms with Crippen molar-refractivity contribution in [1.29, 1.82) is 0 Å². The first-order valence-electron chi connectivity index (χ1n) is 4.94. The third kappa shape index (κ3) is 1.95. The number of pyridine rings is 1. The van der Waals surface area contributed by atoms with Crippen molar-refractivity contribution < 1.29 is 4.79 Å². The number of ketones is 1. The molecule has 0 atom stereocenters. The molecule has 0 bridgehead atoms. The Labute approximate surface area is 93.4 Å². The summed E-state index contributed by atoms with van der Waals surface area (Å²) in [5, 5.41) is 0. The van der Waals surface area contributed by atoms with Gasteiger partial charge in [-0.1, -0.05) is 0 Å². The number of hydrogen-bond acceptors (Lipinski definition) is 4. The van der Waals surface area contributed by atoms with Gasteiger partial charge >= 0.3 is 0 Å². The summed E-state index contributed by atoms with van der Waals surface area (Å²) in [6.45, 7) is 3.34. The van der Waals surface area contributed by atoms with Crippen molar-refractivity contribution in [2.24, 2.45) is 0 Å². The van der Waals surface area contributed by atoms with E-state index in [1.165, 1.54) is 6.92 Å². The van der Waals surface area contributed by atoms with Crippen molar-refractivity contribution in [2.75, 3.05) is 0 Å². The summed E-state index contributed by atoms with van der Waals surface area (Å²) in [5.41, 5.74) is 1.91. The molecule has 0 spiro atoms. The summed E-state index contributed by atoms with van der Waals surface area (Å²) in [6, 6.07) is 5.41. The molecule has 0 aliphatic carbocycles. The Morgan fingerprint density at radius 1 is 1.19 bits per heavy atom. The molecule has 2 aromatic rings. The van der Waals surface area contributed by atoms with Crippen LogP contribution in [0.3, 0.4) is 0 Å². The zero-order valence-corrected chi connectivity index (χ0v) is 9.14. The Balaban J connectivity index is 2.61. The first-order chi connectivity index (χ1) is 7.68. The van der Waals surface area contributed by atoms with Crippen LogP contribution >= 0.6 is 0 Å². The van der Waals surface area contributed by atoms with Crippen molar-refractivity contribution >= 4 is 5.78 Å². The van der Waals surface area contributed by atoms with E-state index < -0.39 is 0 Å². The van der Waals surface area contributed by atoms with Gasteiger partial charge in [0.05, 0.1) is 0 Å². The number of nitrogens with zero attached hydrogens (tertiary/aromatic N) is 3. The third-order valence-electron chi connectivity index (χ3n) is 2.17. The van der Waals surface area contributed by atoms with Crippen molar-refractivity contribution in [1.82, 2.24) is 15.0 Å². The predicted octanol–water partition coefficient (Wildman–Crippen LogP) is 2.05. The van der Waals surface area contributed by atoms with Gasteiger partial charge < -0.3 is 0 Å². The molecule has 0 amide bonds. The van der Waals surface area contributed by atoms with Crippen molar-refractivity contribution in [3.8, 4) is 11.4 Å². The maximum absolute atomic E-state index is 11.5. The SMILES string of the molecule is CC(=O)c1nc(C)ccc1-c1ncccn1. The van der Waals surface area contributed by atoms with E-state index in [1.54, 1.807) is 18.5 Å². The highest BCUT2D eigenvalue weighted by Crippen LogP contribution is 2.18. The van der Waals surface area contributed by atoms with Crippen LogP contribution in [0.15, 0.2) is 30.6 Å². The highest BCUT2D eigenvalue weighted by Gasteiger charge is 2.12. The lowest BCUT2D eigenvalue weighted by Crippen LogP contribution is -2.03. The van der Waals surface area contributed by atoms with Gasteiger partial charge in [-0.25, -0.2) is 15.0 Å². The number of aryl methyl sites for hydroxylation is 1. The number of carbonyl (C=O) groups is 1. The molecule has 0 fully saturated rings. The molecule has 0 N–H and O–H groups in total. The van der Waals surface area contributed by atoms with E-state index in [0.717, 1.165) is 5.69 Å². The van der Waals surface area contributed by atoms with Gasteiger partial charge in [0.25, 0.3) is 0 Å². The average molecular weight is 213 g/mol. The first-order valence-corrected chi connectivity index (χ1v) is 4.94. The minimum Gasteiger partial charge on any atom is -0.293 e. The monoisotopic (exact) mass is 213 g/mol. The molecule has 0 radical (unpaired) electrons. The fourth-order valence-corrected chi connectivity index (χ4v) is 1.44. The van der Waals surface area contributed by atoms with Crippen LogP contribution in [0.1, 0.15) is 23.1 Å². The highest BCUT2D eigenvalue weighted by molar-refractivity contribution is 5.98. The van der Waals surface area contributed by atoms with Crippen LogP contribution in [0.4, 0.5) is 0 Å². The summed E-state index contributed by atoms with van der Waals surface area (Å²) in [5.74, 6) is 0.450. The summed E-state index contributed by atoms with van der Waals surface area (Å²) < 4.78 is 0. The summed E-state index contributed by atoms with van der Waals surface area (Å²) >= 11 is 0. The van der Waals surface area contributed by atoms with Crippen molar-refractivity contribution in [3.63, 3.8) is 0 Å². The molecular formula is C12H11N3O. The maximum atomic E-state index is 11.5. The molecule has 2 aromatic heterocycles. The zero-order valence-electron chi connectivity index (χ0n) is 9.14. The van der Waals surface area contributed by atoms with Gasteiger partial charge in [0.2, 0.25) is 0 Å². The van der Waals surface area contributed by atoms with Crippen molar-refractivity contribution in [3.05, 3.63) is 42.0 Å². The molecule has 0 unspecified atom stereocenters. The van der Waals surface area contributed by atoms with Gasteiger partial charge in [-0.15, -0.1) is 0 Å². The molecule has 0 saturated heterocycles. The van der Waals surface area contributed by atoms with Gasteiger partial charge in [0.15, 0.2) is 11.6 Å². The van der Waals surface area contributed by atoms with E-state index in [2.05, 4.69) is 15.0 Å². The number of carbonyl (C=O) groups excluding carboxylic acids is 1. The van der Waals surface area contributed by atoms with E-state index in [0.29, 0.717) is 17.1 Å². The number of rotatable bonds is 2. The Morgan fingerprint density at radius 2 is 1.88 bits per heavy atom. The van der Waals surface area contributed by atoms with Crippen LogP contribution < -0.4 is 0 Å². The molecule has 0 aromatic carbocycles. The lowest BCUT2D eigenvalue weighted by Gasteiger charge is -2.05. The molecule has 2 rings (SSSR count). The molecule has 0 aliphatic heterocycles. The molecule has 0 aliphatic rings. The standard InChI is InChI=1S/C12H11N3O/c1-8-4-5-10(11(15-8)9(2)16)12-13-6-3-7-14-12/h3-7H,1-2H3. The summed E-state index contributed by atoms with van der Waals surface area (Å²) in [7, 11) is 0. The lowest BCUT2D eigenvalue weighted by molar-refractivity contribution is 0.101. The Morgan fingerprint density at radius 3 is 2.50 bits per heavy atom. The molecule has 16 heavy (non-hydrogen) atoms. The predicted molar refractivity (Wildman–Crippen MR) is 60.0 cm³/mol. The highest BCUT2D eigenvalue weighted by atomic mass is 16.1. The normalized spacial score (nSPS) is 10.1. The molecular weight excluding hydrogens is 202 g/mol. The average Bonchev–Trinajstić information content (AvgIpc) is 2.30. The Hall–Kier alpha value is -2.10. The fourth-order valence-electron chi connectivity index (χ4n) is 1.44. The van der Waals surface area contributed by atoms with Gasteiger partial charge in [-0.3, -0.25) is 4.79 Å². The Kier molecular flexibility index (Phi) is 2.72. The third-order valence-corrected chi connectivity index (χ3v) is 2.17. The number of hydrogen-bond donors (Lipinski definition) is 0. The van der Waals surface area contributed by atoms with E-state index >= 15 is 0 Å². The molecule has 4 heteroatoms. The van der Waals surface area contributed by atoms with Gasteiger partial charge in [0.1, 0.15) is 5.69 Å². The molecule has 0 saturated carbocycles. The largest absolute Gasteiger partial charge is 0.293 e.